The maximum atomic E-state index is 10.6. The van der Waals surface area contributed by atoms with Crippen LogP contribution >= 0.6 is 0 Å². The Hall–Kier alpha value is -1.65. The number of aromatic nitrogens is 2. The van der Waals surface area contributed by atoms with Crippen molar-refractivity contribution in [1.82, 2.24) is 9.97 Å². The molecule has 82 valence electrons. The number of amides is 1. The summed E-state index contributed by atoms with van der Waals surface area (Å²) in [5, 5.41) is 2.83. The van der Waals surface area contributed by atoms with Crippen LogP contribution in [0.15, 0.2) is 12.4 Å². The zero-order valence-corrected chi connectivity index (χ0v) is 9.03. The fourth-order valence-corrected chi connectivity index (χ4v) is 1.20. The van der Waals surface area contributed by atoms with Crippen LogP contribution in [0.5, 0.6) is 0 Å². The van der Waals surface area contributed by atoms with Crippen LogP contribution in [0, 0.1) is 5.92 Å². The number of nitrogens with one attached hydrogen (secondary N) is 1. The average molecular weight is 208 g/mol. The second kappa shape index (κ2) is 5.29. The third kappa shape index (κ3) is 4.39. The summed E-state index contributed by atoms with van der Waals surface area (Å²) in [5.74, 6) is 0.780. The molecule has 1 rings (SSSR count). The zero-order chi connectivity index (χ0) is 11.3. The van der Waals surface area contributed by atoms with E-state index in [0.717, 1.165) is 12.1 Å². The molecule has 5 nitrogen and oxygen atoms in total. The smallest absolute Gasteiger partial charge is 0.236 e. The monoisotopic (exact) mass is 208 g/mol. The second-order valence-corrected chi connectivity index (χ2v) is 3.81. The molecule has 1 aromatic heterocycles. The van der Waals surface area contributed by atoms with Gasteiger partial charge in [0.05, 0.1) is 6.54 Å². The van der Waals surface area contributed by atoms with Gasteiger partial charge in [-0.05, 0) is 12.3 Å². The lowest BCUT2D eigenvalue weighted by Gasteiger charge is -2.06. The van der Waals surface area contributed by atoms with Crippen molar-refractivity contribution >= 4 is 11.7 Å². The highest BCUT2D eigenvalue weighted by Gasteiger charge is 2.02. The highest BCUT2D eigenvalue weighted by molar-refractivity contribution is 5.78. The van der Waals surface area contributed by atoms with Gasteiger partial charge in [0, 0.05) is 11.8 Å². The average Bonchev–Trinajstić information content (AvgIpc) is 2.14. The third-order valence-corrected chi connectivity index (χ3v) is 1.78. The number of carbonyl (C=O) groups excluding carboxylic acids is 1. The van der Waals surface area contributed by atoms with Gasteiger partial charge in [0.25, 0.3) is 0 Å². The van der Waals surface area contributed by atoms with E-state index in [2.05, 4.69) is 29.1 Å². The largest absolute Gasteiger partial charge is 0.368 e. The highest BCUT2D eigenvalue weighted by Crippen LogP contribution is 2.08. The van der Waals surface area contributed by atoms with Gasteiger partial charge in [-0.2, -0.15) is 0 Å². The summed E-state index contributed by atoms with van der Waals surface area (Å²) in [6.45, 7) is 4.34. The Labute approximate surface area is 89.1 Å². The van der Waals surface area contributed by atoms with Gasteiger partial charge in [-0.1, -0.05) is 13.8 Å². The van der Waals surface area contributed by atoms with E-state index in [9.17, 15) is 4.79 Å². The molecule has 0 spiro atoms. The van der Waals surface area contributed by atoms with Gasteiger partial charge in [0.15, 0.2) is 0 Å². The summed E-state index contributed by atoms with van der Waals surface area (Å²) in [6, 6.07) is 1.84. The Morgan fingerprint density at radius 1 is 1.53 bits per heavy atom. The maximum Gasteiger partial charge on any atom is 0.236 e. The van der Waals surface area contributed by atoms with Crippen molar-refractivity contribution in [1.29, 1.82) is 0 Å². The molecule has 0 aliphatic heterocycles. The first kappa shape index (κ1) is 11.4. The normalized spacial score (nSPS) is 10.3. The number of hydrogen-bond acceptors (Lipinski definition) is 4. The van der Waals surface area contributed by atoms with E-state index in [1.165, 1.54) is 6.33 Å². The van der Waals surface area contributed by atoms with E-state index in [0.29, 0.717) is 11.7 Å². The first-order valence-corrected chi connectivity index (χ1v) is 4.91. The van der Waals surface area contributed by atoms with Crippen molar-refractivity contribution in [2.45, 2.75) is 20.3 Å². The Kier molecular flexibility index (Phi) is 4.03. The van der Waals surface area contributed by atoms with Crippen molar-refractivity contribution in [2.75, 3.05) is 11.9 Å². The summed E-state index contributed by atoms with van der Waals surface area (Å²) < 4.78 is 0. The van der Waals surface area contributed by atoms with E-state index in [-0.39, 0.29) is 6.54 Å². The molecule has 15 heavy (non-hydrogen) atoms. The topological polar surface area (TPSA) is 80.9 Å². The van der Waals surface area contributed by atoms with Crippen LogP contribution in [0.4, 0.5) is 5.82 Å². The minimum absolute atomic E-state index is 0.0954. The van der Waals surface area contributed by atoms with Crippen LogP contribution in [-0.4, -0.2) is 22.4 Å². The van der Waals surface area contributed by atoms with E-state index in [1.54, 1.807) is 0 Å². The molecular weight excluding hydrogens is 192 g/mol. The first-order valence-electron chi connectivity index (χ1n) is 4.91. The minimum Gasteiger partial charge on any atom is -0.368 e. The fourth-order valence-electron chi connectivity index (χ4n) is 1.20. The Morgan fingerprint density at radius 3 is 2.87 bits per heavy atom. The quantitative estimate of drug-likeness (QED) is 0.741. The highest BCUT2D eigenvalue weighted by atomic mass is 16.1. The lowest BCUT2D eigenvalue weighted by atomic mass is 10.1. The number of carbonyl (C=O) groups is 1. The van der Waals surface area contributed by atoms with Crippen molar-refractivity contribution in [3.05, 3.63) is 18.1 Å². The number of anilines is 1. The number of hydrogen-bond donors (Lipinski definition) is 2. The molecule has 0 radical (unpaired) electrons. The van der Waals surface area contributed by atoms with Crippen LogP contribution in [0.2, 0.25) is 0 Å². The molecule has 1 amide bonds. The van der Waals surface area contributed by atoms with Crippen LogP contribution < -0.4 is 11.1 Å². The van der Waals surface area contributed by atoms with E-state index < -0.39 is 5.91 Å². The van der Waals surface area contributed by atoms with Crippen molar-refractivity contribution in [3.8, 4) is 0 Å². The lowest BCUT2D eigenvalue weighted by molar-refractivity contribution is -0.116. The number of nitrogens with two attached hydrogens (primary N) is 1. The first-order chi connectivity index (χ1) is 7.08. The number of primary amides is 1. The Balaban J connectivity index is 2.61. The Bertz CT molecular complexity index is 338. The van der Waals surface area contributed by atoms with Gasteiger partial charge in [0.2, 0.25) is 5.91 Å². The molecule has 1 aromatic rings. The SMILES string of the molecule is CC(C)Cc1cc(NCC(N)=O)ncn1. The standard InChI is InChI=1S/C10H16N4O/c1-7(2)3-8-4-10(14-6-13-8)12-5-9(11)15/h4,6-7H,3,5H2,1-2H3,(H2,11,15)(H,12,13,14). The van der Waals surface area contributed by atoms with Crippen LogP contribution in [-0.2, 0) is 11.2 Å². The van der Waals surface area contributed by atoms with E-state index >= 15 is 0 Å². The summed E-state index contributed by atoms with van der Waals surface area (Å²) in [7, 11) is 0. The molecule has 0 aromatic carbocycles. The molecule has 0 unspecified atom stereocenters. The van der Waals surface area contributed by atoms with Gasteiger partial charge in [-0.3, -0.25) is 4.79 Å². The predicted molar refractivity (Wildman–Crippen MR) is 58.3 cm³/mol. The van der Waals surface area contributed by atoms with E-state index in [1.807, 2.05) is 6.07 Å². The number of nitrogens with zero attached hydrogens (tertiary/aromatic N) is 2. The summed E-state index contributed by atoms with van der Waals surface area (Å²) in [5.41, 5.74) is 5.98. The van der Waals surface area contributed by atoms with Crippen LogP contribution in [0.1, 0.15) is 19.5 Å². The summed E-state index contributed by atoms with van der Waals surface area (Å²) >= 11 is 0. The van der Waals surface area contributed by atoms with E-state index in [4.69, 9.17) is 5.73 Å². The van der Waals surface area contributed by atoms with Crippen molar-refractivity contribution in [2.24, 2.45) is 11.7 Å². The van der Waals surface area contributed by atoms with Gasteiger partial charge < -0.3 is 11.1 Å². The molecule has 5 heteroatoms. The molecule has 0 aliphatic rings. The third-order valence-electron chi connectivity index (χ3n) is 1.78. The van der Waals surface area contributed by atoms with Crippen LogP contribution in [0.25, 0.3) is 0 Å². The minimum atomic E-state index is -0.404. The van der Waals surface area contributed by atoms with Gasteiger partial charge >= 0.3 is 0 Å². The van der Waals surface area contributed by atoms with Gasteiger partial charge in [-0.15, -0.1) is 0 Å². The molecule has 0 bridgehead atoms. The zero-order valence-electron chi connectivity index (χ0n) is 9.03. The molecule has 0 atom stereocenters. The van der Waals surface area contributed by atoms with Gasteiger partial charge in [-0.25, -0.2) is 9.97 Å². The predicted octanol–water partition coefficient (Wildman–Crippen LogP) is 0.572. The number of rotatable bonds is 5. The molecule has 0 saturated heterocycles. The van der Waals surface area contributed by atoms with Crippen molar-refractivity contribution < 1.29 is 4.79 Å². The lowest BCUT2D eigenvalue weighted by Crippen LogP contribution is -2.22. The second-order valence-electron chi connectivity index (χ2n) is 3.81. The molecule has 0 aliphatic carbocycles. The van der Waals surface area contributed by atoms with Crippen LogP contribution in [0.3, 0.4) is 0 Å². The molecule has 0 fully saturated rings. The molecule has 3 N–H and O–H groups in total. The fraction of sp³-hybridized carbons (Fsp3) is 0.500. The molecular formula is C10H16N4O. The molecule has 0 saturated carbocycles. The maximum absolute atomic E-state index is 10.6. The Morgan fingerprint density at radius 2 is 2.27 bits per heavy atom. The van der Waals surface area contributed by atoms with Gasteiger partial charge in [0.1, 0.15) is 12.1 Å². The van der Waals surface area contributed by atoms with Crippen molar-refractivity contribution in [3.63, 3.8) is 0 Å². The summed E-state index contributed by atoms with van der Waals surface area (Å²) in [4.78, 5) is 18.7. The molecule has 1 heterocycles. The summed E-state index contributed by atoms with van der Waals surface area (Å²) in [6.07, 6.45) is 2.38.